The fraction of sp³-hybridized carbons (Fsp3) is 0.250. The lowest BCUT2D eigenvalue weighted by molar-refractivity contribution is 0.0977. The smallest absolute Gasteiger partial charge is 0.257 e. The summed E-state index contributed by atoms with van der Waals surface area (Å²) in [5.41, 5.74) is 1.25. The van der Waals surface area contributed by atoms with Crippen molar-refractivity contribution in [2.45, 2.75) is 11.8 Å². The highest BCUT2D eigenvalue weighted by Gasteiger charge is 2.17. The first-order chi connectivity index (χ1) is 14.6. The van der Waals surface area contributed by atoms with Gasteiger partial charge in [0.2, 0.25) is 15.1 Å². The first-order valence-corrected chi connectivity index (χ1v) is 11.9. The van der Waals surface area contributed by atoms with Crippen LogP contribution in [0.4, 0.5) is 0 Å². The lowest BCUT2D eigenvalue weighted by atomic mass is 10.2. The average molecular weight is 479 g/mol. The summed E-state index contributed by atoms with van der Waals surface area (Å²) in [6.45, 7) is 2.51. The molecule has 3 aromatic rings. The SMILES string of the molecule is CCOc1ccc2c(c1)s/c(=N/C(=S)NC(=O)c1ccc(S(=O)(=O)N(C)C)cc1)n2C. The Bertz CT molecular complexity index is 1310. The highest BCUT2D eigenvalue weighted by Crippen LogP contribution is 2.22. The van der Waals surface area contributed by atoms with Crippen LogP contribution in [0.25, 0.3) is 10.2 Å². The number of ether oxygens (including phenoxy) is 1. The maximum absolute atomic E-state index is 12.5. The molecular weight excluding hydrogens is 456 g/mol. The number of carbonyl (C=O) groups excluding carboxylic acids is 1. The molecule has 0 saturated carbocycles. The molecule has 8 nitrogen and oxygen atoms in total. The van der Waals surface area contributed by atoms with Crippen LogP contribution >= 0.6 is 23.6 Å². The summed E-state index contributed by atoms with van der Waals surface area (Å²) in [5, 5.41) is 2.58. The standard InChI is InChI=1S/C20H22N4O4S3/c1-5-28-14-8-11-16-17(12-14)30-20(24(16)4)22-19(29)21-18(25)13-6-9-15(10-7-13)31(26,27)23(2)3/h6-12H,5H2,1-4H3,(H,21,25,29)/b22-20+. The van der Waals surface area contributed by atoms with Gasteiger partial charge in [0.05, 0.1) is 21.7 Å². The summed E-state index contributed by atoms with van der Waals surface area (Å²) in [6, 6.07) is 11.4. The molecule has 2 aromatic carbocycles. The summed E-state index contributed by atoms with van der Waals surface area (Å²) >= 11 is 6.66. The van der Waals surface area contributed by atoms with E-state index in [0.717, 1.165) is 20.3 Å². The van der Waals surface area contributed by atoms with Crippen LogP contribution < -0.4 is 14.9 Å². The van der Waals surface area contributed by atoms with E-state index in [2.05, 4.69) is 10.3 Å². The molecule has 0 aliphatic heterocycles. The largest absolute Gasteiger partial charge is 0.494 e. The molecule has 164 valence electrons. The molecule has 31 heavy (non-hydrogen) atoms. The molecular formula is C20H22N4O4S3. The van der Waals surface area contributed by atoms with E-state index in [0.29, 0.717) is 11.4 Å². The van der Waals surface area contributed by atoms with E-state index in [9.17, 15) is 13.2 Å². The Balaban J connectivity index is 1.79. The molecule has 11 heteroatoms. The Morgan fingerprint density at radius 2 is 1.90 bits per heavy atom. The number of nitrogens with one attached hydrogen (secondary N) is 1. The normalized spacial score (nSPS) is 12.4. The van der Waals surface area contributed by atoms with Gasteiger partial charge in [0.1, 0.15) is 5.75 Å². The van der Waals surface area contributed by atoms with Gasteiger partial charge >= 0.3 is 0 Å². The number of sulfonamides is 1. The van der Waals surface area contributed by atoms with Crippen LogP contribution in [0.1, 0.15) is 17.3 Å². The van der Waals surface area contributed by atoms with Crippen molar-refractivity contribution < 1.29 is 17.9 Å². The monoisotopic (exact) mass is 478 g/mol. The van der Waals surface area contributed by atoms with Gasteiger partial charge in [-0.1, -0.05) is 11.3 Å². The van der Waals surface area contributed by atoms with Gasteiger partial charge in [-0.15, -0.1) is 0 Å². The van der Waals surface area contributed by atoms with Crippen molar-refractivity contribution in [2.24, 2.45) is 12.0 Å². The second kappa shape index (κ2) is 9.27. The number of aryl methyl sites for hydroxylation is 1. The quantitative estimate of drug-likeness (QED) is 0.569. The van der Waals surface area contributed by atoms with E-state index < -0.39 is 15.9 Å². The summed E-state index contributed by atoms with van der Waals surface area (Å²) < 4.78 is 33.8. The lowest BCUT2D eigenvalue weighted by Gasteiger charge is -2.11. The van der Waals surface area contributed by atoms with Crippen molar-refractivity contribution in [3.05, 3.63) is 52.8 Å². The van der Waals surface area contributed by atoms with Gasteiger partial charge in [-0.3, -0.25) is 10.1 Å². The van der Waals surface area contributed by atoms with E-state index in [-0.39, 0.29) is 15.6 Å². The number of thiocarbonyl (C=S) groups is 1. The van der Waals surface area contributed by atoms with Gasteiger partial charge in [0.25, 0.3) is 5.91 Å². The van der Waals surface area contributed by atoms with Crippen molar-refractivity contribution in [3.63, 3.8) is 0 Å². The molecule has 0 aliphatic rings. The summed E-state index contributed by atoms with van der Waals surface area (Å²) in [6.07, 6.45) is 0. The second-order valence-corrected chi connectivity index (χ2v) is 10.2. The topological polar surface area (TPSA) is 93.0 Å². The zero-order valence-electron chi connectivity index (χ0n) is 17.4. The van der Waals surface area contributed by atoms with Crippen molar-refractivity contribution in [3.8, 4) is 5.75 Å². The van der Waals surface area contributed by atoms with Crippen LogP contribution in [0.3, 0.4) is 0 Å². The van der Waals surface area contributed by atoms with Crippen LogP contribution in [0.15, 0.2) is 52.4 Å². The molecule has 0 aliphatic carbocycles. The third-order valence-electron chi connectivity index (χ3n) is 4.40. The number of rotatable bonds is 5. The number of amides is 1. The van der Waals surface area contributed by atoms with Crippen molar-refractivity contribution in [2.75, 3.05) is 20.7 Å². The van der Waals surface area contributed by atoms with Crippen molar-refractivity contribution in [1.29, 1.82) is 0 Å². The van der Waals surface area contributed by atoms with E-state index in [1.165, 1.54) is 49.7 Å². The van der Waals surface area contributed by atoms with Crippen LogP contribution in [-0.2, 0) is 17.1 Å². The van der Waals surface area contributed by atoms with Crippen molar-refractivity contribution >= 4 is 54.8 Å². The fourth-order valence-electron chi connectivity index (χ4n) is 2.75. The van der Waals surface area contributed by atoms with Gasteiger partial charge in [-0.25, -0.2) is 12.7 Å². The molecule has 0 bridgehead atoms. The number of hydrogen-bond acceptors (Lipinski definition) is 6. The molecule has 0 radical (unpaired) electrons. The number of fused-ring (bicyclic) bond motifs is 1. The highest BCUT2D eigenvalue weighted by molar-refractivity contribution is 7.89. The Morgan fingerprint density at radius 3 is 2.52 bits per heavy atom. The van der Waals surface area contributed by atoms with Crippen molar-refractivity contribution in [1.82, 2.24) is 14.2 Å². The Hall–Kier alpha value is -2.60. The Labute approximate surface area is 189 Å². The minimum atomic E-state index is -3.56. The minimum Gasteiger partial charge on any atom is -0.494 e. The zero-order valence-corrected chi connectivity index (χ0v) is 19.9. The number of benzene rings is 2. The van der Waals surface area contributed by atoms with Crippen LogP contribution in [0, 0.1) is 0 Å². The maximum Gasteiger partial charge on any atom is 0.257 e. The van der Waals surface area contributed by atoms with Gasteiger partial charge in [-0.05, 0) is 61.6 Å². The number of hydrogen-bond donors (Lipinski definition) is 1. The summed E-state index contributed by atoms with van der Waals surface area (Å²) in [4.78, 5) is 17.6. The fourth-order valence-corrected chi connectivity index (χ4v) is 4.94. The Morgan fingerprint density at radius 1 is 1.23 bits per heavy atom. The molecule has 0 saturated heterocycles. The number of aromatic nitrogens is 1. The molecule has 0 fully saturated rings. The number of nitrogens with zero attached hydrogens (tertiary/aromatic N) is 3. The van der Waals surface area contributed by atoms with Crippen LogP contribution in [0.2, 0.25) is 0 Å². The number of thiazole rings is 1. The molecule has 0 unspecified atom stereocenters. The number of carbonyl (C=O) groups is 1. The first-order valence-electron chi connectivity index (χ1n) is 9.28. The van der Waals surface area contributed by atoms with E-state index >= 15 is 0 Å². The molecule has 1 aromatic heterocycles. The zero-order chi connectivity index (χ0) is 22.8. The van der Waals surface area contributed by atoms with Gasteiger partial charge in [0, 0.05) is 26.7 Å². The maximum atomic E-state index is 12.5. The van der Waals surface area contributed by atoms with E-state index in [1.54, 1.807) is 0 Å². The van der Waals surface area contributed by atoms with Crippen LogP contribution in [0.5, 0.6) is 5.75 Å². The summed E-state index contributed by atoms with van der Waals surface area (Å²) in [5.74, 6) is 0.309. The molecule has 1 N–H and O–H groups in total. The van der Waals surface area contributed by atoms with E-state index in [1.807, 2.05) is 36.7 Å². The van der Waals surface area contributed by atoms with E-state index in [4.69, 9.17) is 17.0 Å². The molecule has 0 atom stereocenters. The summed E-state index contributed by atoms with van der Waals surface area (Å²) in [7, 11) is 1.20. The molecule has 1 heterocycles. The molecule has 3 rings (SSSR count). The molecule has 1 amide bonds. The predicted octanol–water partition coefficient (Wildman–Crippen LogP) is 2.50. The minimum absolute atomic E-state index is 0.0159. The third-order valence-corrected chi connectivity index (χ3v) is 7.52. The molecule has 0 spiro atoms. The predicted molar refractivity (Wildman–Crippen MR) is 125 cm³/mol. The van der Waals surface area contributed by atoms with Gasteiger partial charge < -0.3 is 9.30 Å². The lowest BCUT2D eigenvalue weighted by Crippen LogP contribution is -2.29. The first kappa shape index (κ1) is 23.1. The second-order valence-electron chi connectivity index (χ2n) is 6.69. The third kappa shape index (κ3) is 5.01. The average Bonchev–Trinajstić information content (AvgIpc) is 3.02. The van der Waals surface area contributed by atoms with Crippen LogP contribution in [-0.4, -0.2) is 49.0 Å². The Kier molecular flexibility index (Phi) is 6.90. The van der Waals surface area contributed by atoms with Gasteiger partial charge in [-0.2, -0.15) is 4.99 Å². The highest BCUT2D eigenvalue weighted by atomic mass is 32.2. The van der Waals surface area contributed by atoms with Gasteiger partial charge in [0.15, 0.2) is 4.80 Å².